The molecule has 3 atom stereocenters. The minimum atomic E-state index is -0.931. The molecule has 1 N–H and O–H groups in total. The summed E-state index contributed by atoms with van der Waals surface area (Å²) in [6.45, 7) is 3.85. The van der Waals surface area contributed by atoms with Gasteiger partial charge in [0.2, 0.25) is 5.91 Å². The second-order valence-corrected chi connectivity index (χ2v) is 7.65. The average molecular weight is 317 g/mol. The fraction of sp³-hybridized carbons (Fsp3) is 0.667. The van der Waals surface area contributed by atoms with Gasteiger partial charge in [-0.1, -0.05) is 6.92 Å². The minimum absolute atomic E-state index is 0.0176. The van der Waals surface area contributed by atoms with Crippen molar-refractivity contribution in [1.82, 2.24) is 4.90 Å². The number of carbonyl (C=O) groups excluding carboxylic acids is 1. The Morgan fingerprint density at radius 2 is 2.09 bits per heavy atom. The van der Waals surface area contributed by atoms with Gasteiger partial charge >= 0.3 is 5.97 Å². The highest BCUT2D eigenvalue weighted by Gasteiger charge is 2.70. The van der Waals surface area contributed by atoms with E-state index in [9.17, 15) is 9.59 Å². The van der Waals surface area contributed by atoms with Crippen LogP contribution in [0.5, 0.6) is 0 Å². The molecule has 0 aromatic carbocycles. The molecule has 3 fully saturated rings. The van der Waals surface area contributed by atoms with Crippen molar-refractivity contribution in [3.8, 4) is 0 Å². The van der Waals surface area contributed by atoms with E-state index < -0.39 is 5.97 Å². The third-order valence-electron chi connectivity index (χ3n) is 6.28. The molecule has 5 heteroatoms. The number of carbonyl (C=O) groups is 2. The average Bonchev–Trinajstić information content (AvgIpc) is 2.90. The standard InChI is InChI=1S/C18H23NO4/c1-11-9-18(10-14(11)18)17(22)19-5-2-12(3-6-19)8-15-13(16(20)21)4-7-23-15/h4,7,11-12,14H,2-3,5-6,8-10H2,1H3,(H,20,21)/t11-,14+,18-/m1/s1. The molecular formula is C18H23NO4. The molecule has 1 aliphatic heterocycles. The van der Waals surface area contributed by atoms with Crippen molar-refractivity contribution in [2.24, 2.45) is 23.2 Å². The lowest BCUT2D eigenvalue weighted by Gasteiger charge is -2.39. The van der Waals surface area contributed by atoms with E-state index >= 15 is 0 Å². The van der Waals surface area contributed by atoms with Gasteiger partial charge in [-0.25, -0.2) is 4.79 Å². The third kappa shape index (κ3) is 2.28. The summed E-state index contributed by atoms with van der Waals surface area (Å²) in [6, 6.07) is 1.51. The molecule has 1 aromatic rings. The van der Waals surface area contributed by atoms with Crippen molar-refractivity contribution in [3.63, 3.8) is 0 Å². The predicted octanol–water partition coefficient (Wildman–Crippen LogP) is 2.81. The Bertz CT molecular complexity index is 643. The molecule has 2 heterocycles. The fourth-order valence-corrected chi connectivity index (χ4v) is 4.81. The van der Waals surface area contributed by atoms with Crippen LogP contribution in [0, 0.1) is 23.2 Å². The molecule has 0 spiro atoms. The summed E-state index contributed by atoms with van der Waals surface area (Å²) in [5.41, 5.74) is 0.288. The lowest BCUT2D eigenvalue weighted by molar-refractivity contribution is -0.143. The number of rotatable bonds is 4. The number of amides is 1. The molecule has 4 rings (SSSR count). The van der Waals surface area contributed by atoms with Crippen molar-refractivity contribution in [1.29, 1.82) is 0 Å². The first kappa shape index (κ1) is 14.8. The zero-order chi connectivity index (χ0) is 16.2. The molecule has 1 saturated heterocycles. The molecule has 0 radical (unpaired) electrons. The molecule has 1 amide bonds. The molecule has 0 unspecified atom stereocenters. The number of likely N-dealkylation sites (tertiary alicyclic amines) is 1. The lowest BCUT2D eigenvalue weighted by Crippen LogP contribution is -2.46. The van der Waals surface area contributed by atoms with Crippen LogP contribution < -0.4 is 0 Å². The quantitative estimate of drug-likeness (QED) is 0.927. The number of carboxylic acid groups (broad SMARTS) is 1. The first-order chi connectivity index (χ1) is 11.0. The van der Waals surface area contributed by atoms with Crippen molar-refractivity contribution in [2.75, 3.05) is 13.1 Å². The molecular weight excluding hydrogens is 294 g/mol. The first-order valence-electron chi connectivity index (χ1n) is 8.60. The number of carboxylic acids is 1. The van der Waals surface area contributed by atoms with Gasteiger partial charge in [-0.05, 0) is 49.5 Å². The van der Waals surface area contributed by atoms with E-state index in [-0.39, 0.29) is 11.0 Å². The van der Waals surface area contributed by atoms with Crippen molar-refractivity contribution in [2.45, 2.75) is 39.0 Å². The van der Waals surface area contributed by atoms with E-state index in [1.54, 1.807) is 0 Å². The summed E-state index contributed by atoms with van der Waals surface area (Å²) in [7, 11) is 0. The van der Waals surface area contributed by atoms with Gasteiger partial charge in [0.05, 0.1) is 11.7 Å². The molecule has 23 heavy (non-hydrogen) atoms. The Morgan fingerprint density at radius 1 is 1.35 bits per heavy atom. The first-order valence-corrected chi connectivity index (χ1v) is 8.60. The van der Waals surface area contributed by atoms with Gasteiger partial charge in [-0.15, -0.1) is 0 Å². The van der Waals surface area contributed by atoms with Crippen LogP contribution in [0.4, 0.5) is 0 Å². The van der Waals surface area contributed by atoms with Crippen LogP contribution in [0.3, 0.4) is 0 Å². The molecule has 3 aliphatic rings. The van der Waals surface area contributed by atoms with Crippen molar-refractivity contribution >= 4 is 11.9 Å². The third-order valence-corrected chi connectivity index (χ3v) is 6.28. The predicted molar refractivity (Wildman–Crippen MR) is 83.0 cm³/mol. The SMILES string of the molecule is C[C@@H]1C[C@@]2(C(=O)N3CCC(Cc4occc4C(=O)O)CC3)C[C@@H]12. The number of nitrogens with zero attached hydrogens (tertiary/aromatic N) is 1. The highest BCUT2D eigenvalue weighted by atomic mass is 16.4. The van der Waals surface area contributed by atoms with E-state index in [4.69, 9.17) is 9.52 Å². The Labute approximate surface area is 135 Å². The van der Waals surface area contributed by atoms with Crippen LogP contribution in [0.1, 0.15) is 48.7 Å². The Hall–Kier alpha value is -1.78. The van der Waals surface area contributed by atoms with E-state index in [0.29, 0.717) is 29.9 Å². The number of furan rings is 1. The molecule has 1 aromatic heterocycles. The number of hydrogen-bond acceptors (Lipinski definition) is 3. The van der Waals surface area contributed by atoms with Crippen LogP contribution in [0.15, 0.2) is 16.7 Å². The van der Waals surface area contributed by atoms with Crippen LogP contribution in [-0.2, 0) is 11.2 Å². The van der Waals surface area contributed by atoms with Gasteiger partial charge in [-0.3, -0.25) is 4.79 Å². The van der Waals surface area contributed by atoms with E-state index in [0.717, 1.165) is 44.7 Å². The maximum absolute atomic E-state index is 12.7. The highest BCUT2D eigenvalue weighted by Crippen LogP contribution is 2.71. The zero-order valence-electron chi connectivity index (χ0n) is 13.5. The van der Waals surface area contributed by atoms with Gasteiger partial charge in [0.1, 0.15) is 11.3 Å². The number of fused-ring (bicyclic) bond motifs is 1. The largest absolute Gasteiger partial charge is 0.478 e. The minimum Gasteiger partial charge on any atom is -0.478 e. The zero-order valence-corrected chi connectivity index (χ0v) is 13.5. The second kappa shape index (κ2) is 5.11. The van der Waals surface area contributed by atoms with Gasteiger partial charge in [0, 0.05) is 19.5 Å². The molecule has 2 saturated carbocycles. The van der Waals surface area contributed by atoms with Crippen molar-refractivity contribution in [3.05, 3.63) is 23.7 Å². The number of hydrogen-bond donors (Lipinski definition) is 1. The molecule has 124 valence electrons. The Balaban J connectivity index is 1.32. The summed E-state index contributed by atoms with van der Waals surface area (Å²) >= 11 is 0. The van der Waals surface area contributed by atoms with Crippen LogP contribution in [0.25, 0.3) is 0 Å². The number of aromatic carboxylic acids is 1. The van der Waals surface area contributed by atoms with Crippen molar-refractivity contribution < 1.29 is 19.1 Å². The van der Waals surface area contributed by atoms with E-state index in [1.807, 2.05) is 4.90 Å². The maximum atomic E-state index is 12.7. The smallest absolute Gasteiger partial charge is 0.339 e. The number of piperidine rings is 1. The normalized spacial score (nSPS) is 33.0. The maximum Gasteiger partial charge on any atom is 0.339 e. The molecule has 5 nitrogen and oxygen atoms in total. The highest BCUT2D eigenvalue weighted by molar-refractivity contribution is 5.88. The summed E-state index contributed by atoms with van der Waals surface area (Å²) < 4.78 is 5.34. The monoisotopic (exact) mass is 317 g/mol. The Morgan fingerprint density at radius 3 is 2.65 bits per heavy atom. The topological polar surface area (TPSA) is 70.8 Å². The summed E-state index contributed by atoms with van der Waals surface area (Å²) in [4.78, 5) is 25.9. The van der Waals surface area contributed by atoms with E-state index in [2.05, 4.69) is 6.92 Å². The van der Waals surface area contributed by atoms with Gasteiger partial charge in [-0.2, -0.15) is 0 Å². The molecule has 0 bridgehead atoms. The summed E-state index contributed by atoms with van der Waals surface area (Å²) in [6.07, 6.45) is 6.14. The van der Waals surface area contributed by atoms with Crippen LogP contribution >= 0.6 is 0 Å². The van der Waals surface area contributed by atoms with Crippen LogP contribution in [-0.4, -0.2) is 35.0 Å². The van der Waals surface area contributed by atoms with E-state index in [1.165, 1.54) is 12.3 Å². The van der Waals surface area contributed by atoms with Gasteiger partial charge in [0.25, 0.3) is 0 Å². The van der Waals surface area contributed by atoms with Gasteiger partial charge < -0.3 is 14.4 Å². The van der Waals surface area contributed by atoms with Gasteiger partial charge in [0.15, 0.2) is 0 Å². The molecule has 2 aliphatic carbocycles. The Kier molecular flexibility index (Phi) is 3.29. The summed E-state index contributed by atoms with van der Waals surface area (Å²) in [5, 5.41) is 9.14. The fourth-order valence-electron chi connectivity index (χ4n) is 4.81. The lowest BCUT2D eigenvalue weighted by atomic mass is 9.75. The van der Waals surface area contributed by atoms with Crippen LogP contribution in [0.2, 0.25) is 0 Å². The second-order valence-electron chi connectivity index (χ2n) is 7.65. The summed E-state index contributed by atoms with van der Waals surface area (Å²) in [5.74, 6) is 1.79.